The fraction of sp³-hybridized carbons (Fsp3) is 0.250. The minimum atomic E-state index is -0.409. The molecule has 0 aliphatic heterocycles. The Hall–Kier alpha value is -1.02. The molecule has 0 aliphatic rings. The summed E-state index contributed by atoms with van der Waals surface area (Å²) in [6, 6.07) is 20.0. The molecule has 0 heterocycles. The molecule has 2 aromatic rings. The minimum absolute atomic E-state index is 0.409. The van der Waals surface area contributed by atoms with Gasteiger partial charge in [0.05, 0.1) is 0 Å². The van der Waals surface area contributed by atoms with Crippen LogP contribution in [0.1, 0.15) is 11.1 Å². The Morgan fingerprint density at radius 1 is 0.684 bits per heavy atom. The maximum Gasteiger partial charge on any atom is 0.137 e. The van der Waals surface area contributed by atoms with Gasteiger partial charge in [0.2, 0.25) is 0 Å². The van der Waals surface area contributed by atoms with Gasteiger partial charge in [-0.15, -0.1) is 0 Å². The fourth-order valence-corrected chi connectivity index (χ4v) is 2.51. The molecule has 2 aromatic carbocycles. The Labute approximate surface area is 124 Å². The summed E-state index contributed by atoms with van der Waals surface area (Å²) in [6.45, 7) is 0. The predicted octanol–water partition coefficient (Wildman–Crippen LogP) is 4.62. The number of alkyl halides is 2. The summed E-state index contributed by atoms with van der Waals surface area (Å²) < 4.78 is 5.59. The second-order valence-corrected chi connectivity index (χ2v) is 5.31. The highest BCUT2D eigenvalue weighted by molar-refractivity contribution is 6.21. The van der Waals surface area contributed by atoms with Crippen LogP contribution in [0.25, 0.3) is 0 Å². The van der Waals surface area contributed by atoms with Crippen molar-refractivity contribution in [2.75, 3.05) is 0 Å². The van der Waals surface area contributed by atoms with Crippen molar-refractivity contribution in [3.63, 3.8) is 0 Å². The molecule has 0 saturated heterocycles. The maximum absolute atomic E-state index is 6.17. The molecule has 2 unspecified atom stereocenters. The van der Waals surface area contributed by atoms with Gasteiger partial charge in [-0.1, -0.05) is 83.9 Å². The highest BCUT2D eigenvalue weighted by Gasteiger charge is 2.13. The molecule has 0 radical (unpaired) electrons. The molecule has 1 nitrogen and oxygen atoms in total. The van der Waals surface area contributed by atoms with Gasteiger partial charge >= 0.3 is 0 Å². The van der Waals surface area contributed by atoms with Crippen molar-refractivity contribution in [1.82, 2.24) is 0 Å². The summed E-state index contributed by atoms with van der Waals surface area (Å²) in [5, 5.41) is 0. The van der Waals surface area contributed by atoms with Crippen LogP contribution in [0.15, 0.2) is 60.7 Å². The lowest BCUT2D eigenvalue weighted by Crippen LogP contribution is -2.17. The van der Waals surface area contributed by atoms with Gasteiger partial charge in [-0.3, -0.25) is 0 Å². The lowest BCUT2D eigenvalue weighted by molar-refractivity contribution is 0.0825. The van der Waals surface area contributed by atoms with Gasteiger partial charge < -0.3 is 4.74 Å². The normalized spacial score (nSPS) is 14.0. The molecule has 2 rings (SSSR count). The highest BCUT2D eigenvalue weighted by Crippen LogP contribution is 2.16. The van der Waals surface area contributed by atoms with Crippen molar-refractivity contribution >= 4 is 23.2 Å². The van der Waals surface area contributed by atoms with Crippen LogP contribution in [0.5, 0.6) is 0 Å². The molecular formula is C16H16Cl2O. The van der Waals surface area contributed by atoms with Crippen molar-refractivity contribution in [3.8, 4) is 0 Å². The van der Waals surface area contributed by atoms with E-state index < -0.39 is 11.1 Å². The number of ether oxygens (including phenoxy) is 1. The predicted molar refractivity (Wildman–Crippen MR) is 80.7 cm³/mol. The Kier molecular flexibility index (Phi) is 5.71. The first-order chi connectivity index (χ1) is 9.24. The zero-order valence-corrected chi connectivity index (χ0v) is 12.0. The smallest absolute Gasteiger partial charge is 0.137 e. The van der Waals surface area contributed by atoms with Gasteiger partial charge in [0.25, 0.3) is 0 Å². The van der Waals surface area contributed by atoms with Crippen molar-refractivity contribution in [2.24, 2.45) is 0 Å². The maximum atomic E-state index is 6.17. The lowest BCUT2D eigenvalue weighted by atomic mass is 10.1. The topological polar surface area (TPSA) is 9.23 Å². The van der Waals surface area contributed by atoms with E-state index in [0.29, 0.717) is 12.8 Å². The Morgan fingerprint density at radius 3 is 1.42 bits per heavy atom. The zero-order valence-electron chi connectivity index (χ0n) is 10.5. The number of hydrogen-bond acceptors (Lipinski definition) is 1. The van der Waals surface area contributed by atoms with E-state index in [0.717, 1.165) is 11.1 Å². The fourth-order valence-electron chi connectivity index (χ4n) is 1.86. The van der Waals surface area contributed by atoms with Crippen LogP contribution in [-0.4, -0.2) is 11.1 Å². The van der Waals surface area contributed by atoms with E-state index in [1.807, 2.05) is 60.7 Å². The molecule has 0 fully saturated rings. The van der Waals surface area contributed by atoms with Crippen LogP contribution in [0.3, 0.4) is 0 Å². The van der Waals surface area contributed by atoms with Gasteiger partial charge in [0, 0.05) is 12.8 Å². The molecule has 0 amide bonds. The number of rotatable bonds is 6. The van der Waals surface area contributed by atoms with E-state index in [1.54, 1.807) is 0 Å². The number of benzene rings is 2. The molecule has 0 aliphatic carbocycles. The molecule has 19 heavy (non-hydrogen) atoms. The van der Waals surface area contributed by atoms with E-state index in [9.17, 15) is 0 Å². The monoisotopic (exact) mass is 294 g/mol. The first-order valence-corrected chi connectivity index (χ1v) is 7.13. The zero-order chi connectivity index (χ0) is 13.5. The molecule has 0 spiro atoms. The molecule has 0 saturated carbocycles. The van der Waals surface area contributed by atoms with Gasteiger partial charge in [-0.25, -0.2) is 0 Å². The van der Waals surface area contributed by atoms with Crippen LogP contribution >= 0.6 is 23.2 Å². The molecule has 100 valence electrons. The van der Waals surface area contributed by atoms with Crippen molar-refractivity contribution in [3.05, 3.63) is 71.8 Å². The summed E-state index contributed by atoms with van der Waals surface area (Å²) in [6.07, 6.45) is 1.31. The Bertz CT molecular complexity index is 427. The standard InChI is InChI=1S/C16H16Cl2O/c17-15(11-13-7-3-1-4-8-13)19-16(18)12-14-9-5-2-6-10-14/h1-10,15-16H,11-12H2. The second-order valence-electron chi connectivity index (χ2n) is 4.34. The van der Waals surface area contributed by atoms with Gasteiger partial charge in [-0.2, -0.15) is 0 Å². The van der Waals surface area contributed by atoms with E-state index in [1.165, 1.54) is 0 Å². The van der Waals surface area contributed by atoms with Gasteiger partial charge in [0.1, 0.15) is 11.1 Å². The molecule has 0 bridgehead atoms. The number of hydrogen-bond donors (Lipinski definition) is 0. The Morgan fingerprint density at radius 2 is 1.05 bits per heavy atom. The van der Waals surface area contributed by atoms with Crippen LogP contribution < -0.4 is 0 Å². The quantitative estimate of drug-likeness (QED) is 0.707. The Balaban J connectivity index is 1.80. The van der Waals surface area contributed by atoms with E-state index in [-0.39, 0.29) is 0 Å². The minimum Gasteiger partial charge on any atom is -0.343 e. The molecule has 0 N–H and O–H groups in total. The summed E-state index contributed by atoms with van der Waals surface area (Å²) >= 11 is 12.3. The van der Waals surface area contributed by atoms with E-state index in [2.05, 4.69) is 0 Å². The molecule has 3 heteroatoms. The van der Waals surface area contributed by atoms with Crippen LogP contribution in [-0.2, 0) is 17.6 Å². The van der Waals surface area contributed by atoms with Crippen LogP contribution in [0, 0.1) is 0 Å². The second kappa shape index (κ2) is 7.54. The average molecular weight is 295 g/mol. The summed E-state index contributed by atoms with van der Waals surface area (Å²) in [5.74, 6) is 0. The first kappa shape index (κ1) is 14.4. The SMILES string of the molecule is ClC(Cc1ccccc1)OC(Cl)Cc1ccccc1. The summed E-state index contributed by atoms with van der Waals surface area (Å²) in [4.78, 5) is 0. The summed E-state index contributed by atoms with van der Waals surface area (Å²) in [7, 11) is 0. The van der Waals surface area contributed by atoms with Gasteiger partial charge in [-0.05, 0) is 11.1 Å². The third-order valence-electron chi connectivity index (χ3n) is 2.77. The third-order valence-corrected chi connectivity index (χ3v) is 3.29. The largest absolute Gasteiger partial charge is 0.343 e. The third kappa shape index (κ3) is 5.23. The van der Waals surface area contributed by atoms with Crippen LogP contribution in [0.4, 0.5) is 0 Å². The highest BCUT2D eigenvalue weighted by atomic mass is 35.5. The number of halogens is 2. The van der Waals surface area contributed by atoms with E-state index in [4.69, 9.17) is 27.9 Å². The first-order valence-electron chi connectivity index (χ1n) is 6.25. The van der Waals surface area contributed by atoms with Crippen LogP contribution in [0.2, 0.25) is 0 Å². The van der Waals surface area contributed by atoms with Crippen molar-refractivity contribution in [1.29, 1.82) is 0 Å². The van der Waals surface area contributed by atoms with E-state index >= 15 is 0 Å². The molecule has 0 aromatic heterocycles. The lowest BCUT2D eigenvalue weighted by Gasteiger charge is -2.16. The summed E-state index contributed by atoms with van der Waals surface area (Å²) in [5.41, 5.74) is 1.47. The average Bonchev–Trinajstić information content (AvgIpc) is 2.40. The molecule has 2 atom stereocenters. The van der Waals surface area contributed by atoms with Crippen molar-refractivity contribution in [2.45, 2.75) is 24.0 Å². The van der Waals surface area contributed by atoms with Crippen molar-refractivity contribution < 1.29 is 4.74 Å². The van der Waals surface area contributed by atoms with Gasteiger partial charge in [0.15, 0.2) is 0 Å². The molecular weight excluding hydrogens is 279 g/mol.